The maximum atomic E-state index is 11.5. The molecule has 86 valence electrons. The first-order valence-corrected chi connectivity index (χ1v) is 5.95. The molecule has 1 rings (SSSR count). The Labute approximate surface area is 100 Å². The molecule has 0 fully saturated rings. The van der Waals surface area contributed by atoms with Gasteiger partial charge in [0.1, 0.15) is 0 Å². The van der Waals surface area contributed by atoms with Crippen LogP contribution in [-0.2, 0) is 4.79 Å². The van der Waals surface area contributed by atoms with Crippen LogP contribution in [0.2, 0.25) is 0 Å². The standard InChI is InChI=1S/C12H16N2OS/c1-4-7-13-8-12(15)14-10(3)11-6-5-9(2)16-11/h1,5-6,10,13H,7-8H2,2-3H3,(H,14,15). The van der Waals surface area contributed by atoms with Crippen LogP contribution in [0.15, 0.2) is 12.1 Å². The number of aryl methyl sites for hydroxylation is 1. The quantitative estimate of drug-likeness (QED) is 0.600. The van der Waals surface area contributed by atoms with E-state index >= 15 is 0 Å². The van der Waals surface area contributed by atoms with E-state index in [0.717, 1.165) is 0 Å². The van der Waals surface area contributed by atoms with Gasteiger partial charge in [0.25, 0.3) is 0 Å². The van der Waals surface area contributed by atoms with E-state index in [0.29, 0.717) is 6.54 Å². The second-order valence-electron chi connectivity index (χ2n) is 3.55. The highest BCUT2D eigenvalue weighted by molar-refractivity contribution is 7.12. The van der Waals surface area contributed by atoms with Gasteiger partial charge < -0.3 is 5.32 Å². The smallest absolute Gasteiger partial charge is 0.234 e. The summed E-state index contributed by atoms with van der Waals surface area (Å²) < 4.78 is 0. The normalized spacial score (nSPS) is 11.8. The molecule has 0 radical (unpaired) electrons. The van der Waals surface area contributed by atoms with Crippen molar-refractivity contribution < 1.29 is 4.79 Å². The van der Waals surface area contributed by atoms with Crippen LogP contribution >= 0.6 is 11.3 Å². The van der Waals surface area contributed by atoms with Crippen molar-refractivity contribution in [3.8, 4) is 12.3 Å². The van der Waals surface area contributed by atoms with Gasteiger partial charge in [0.15, 0.2) is 0 Å². The van der Waals surface area contributed by atoms with Crippen LogP contribution < -0.4 is 10.6 Å². The lowest BCUT2D eigenvalue weighted by atomic mass is 10.2. The topological polar surface area (TPSA) is 41.1 Å². The molecule has 16 heavy (non-hydrogen) atoms. The minimum absolute atomic E-state index is 0.0335. The number of nitrogens with one attached hydrogen (secondary N) is 2. The highest BCUT2D eigenvalue weighted by Crippen LogP contribution is 2.21. The van der Waals surface area contributed by atoms with Crippen LogP contribution in [0.25, 0.3) is 0 Å². The predicted octanol–water partition coefficient (Wildman–Crippen LogP) is 1.46. The summed E-state index contributed by atoms with van der Waals surface area (Å²) in [5.41, 5.74) is 0. The molecule has 1 unspecified atom stereocenters. The predicted molar refractivity (Wildman–Crippen MR) is 67.3 cm³/mol. The third-order valence-corrected chi connectivity index (χ3v) is 3.26. The van der Waals surface area contributed by atoms with Gasteiger partial charge in [-0.1, -0.05) is 5.92 Å². The van der Waals surface area contributed by atoms with E-state index in [2.05, 4.69) is 29.5 Å². The molecule has 1 atom stereocenters. The number of hydrogen-bond donors (Lipinski definition) is 2. The van der Waals surface area contributed by atoms with Gasteiger partial charge in [0.05, 0.1) is 19.1 Å². The fraction of sp³-hybridized carbons (Fsp3) is 0.417. The highest BCUT2D eigenvalue weighted by Gasteiger charge is 2.10. The van der Waals surface area contributed by atoms with Crippen molar-refractivity contribution in [2.45, 2.75) is 19.9 Å². The summed E-state index contributed by atoms with van der Waals surface area (Å²) in [4.78, 5) is 13.9. The fourth-order valence-electron chi connectivity index (χ4n) is 1.30. The van der Waals surface area contributed by atoms with Crippen LogP contribution in [0.3, 0.4) is 0 Å². The summed E-state index contributed by atoms with van der Waals surface area (Å²) in [7, 11) is 0. The summed E-state index contributed by atoms with van der Waals surface area (Å²) in [6.45, 7) is 4.71. The molecule has 1 heterocycles. The molecular weight excluding hydrogens is 220 g/mol. The van der Waals surface area contributed by atoms with Crippen LogP contribution in [0.4, 0.5) is 0 Å². The molecule has 1 aromatic heterocycles. The molecule has 0 saturated carbocycles. The van der Waals surface area contributed by atoms with Crippen LogP contribution in [-0.4, -0.2) is 19.0 Å². The molecule has 0 spiro atoms. The van der Waals surface area contributed by atoms with Crippen molar-refractivity contribution in [3.05, 3.63) is 21.9 Å². The molecule has 0 aliphatic heterocycles. The molecule has 0 aliphatic carbocycles. The molecule has 0 bridgehead atoms. The first kappa shape index (κ1) is 12.8. The SMILES string of the molecule is C#CCNCC(=O)NC(C)c1ccc(C)s1. The zero-order chi connectivity index (χ0) is 12.0. The average Bonchev–Trinajstić information content (AvgIpc) is 2.65. The van der Waals surface area contributed by atoms with Crippen molar-refractivity contribution in [2.24, 2.45) is 0 Å². The minimum atomic E-state index is -0.0335. The third kappa shape index (κ3) is 4.05. The first-order chi connectivity index (χ1) is 7.63. The molecular formula is C12H16N2OS. The maximum absolute atomic E-state index is 11.5. The number of terminal acetylenes is 1. The number of amides is 1. The Kier molecular flexibility index (Phi) is 5.03. The summed E-state index contributed by atoms with van der Waals surface area (Å²) in [6.07, 6.45) is 5.07. The van der Waals surface area contributed by atoms with E-state index in [9.17, 15) is 4.79 Å². The summed E-state index contributed by atoms with van der Waals surface area (Å²) in [6, 6.07) is 4.15. The van der Waals surface area contributed by atoms with Gasteiger partial charge in [-0.3, -0.25) is 10.1 Å². The van der Waals surface area contributed by atoms with Crippen molar-refractivity contribution in [3.63, 3.8) is 0 Å². The number of carbonyl (C=O) groups is 1. The molecule has 0 saturated heterocycles. The van der Waals surface area contributed by atoms with E-state index in [4.69, 9.17) is 6.42 Å². The Morgan fingerprint density at radius 1 is 1.62 bits per heavy atom. The second-order valence-corrected chi connectivity index (χ2v) is 4.86. The van der Waals surface area contributed by atoms with Gasteiger partial charge >= 0.3 is 0 Å². The lowest BCUT2D eigenvalue weighted by Crippen LogP contribution is -2.35. The zero-order valence-corrected chi connectivity index (χ0v) is 10.4. The van der Waals surface area contributed by atoms with Crippen LogP contribution in [0.5, 0.6) is 0 Å². The molecule has 0 aliphatic rings. The molecule has 1 amide bonds. The Hall–Kier alpha value is -1.31. The van der Waals surface area contributed by atoms with Gasteiger partial charge in [-0.25, -0.2) is 0 Å². The number of rotatable bonds is 5. The summed E-state index contributed by atoms with van der Waals surface area (Å²) >= 11 is 1.70. The lowest BCUT2D eigenvalue weighted by Gasteiger charge is -2.12. The van der Waals surface area contributed by atoms with Gasteiger partial charge in [0.2, 0.25) is 5.91 Å². The Balaban J connectivity index is 2.37. The van der Waals surface area contributed by atoms with E-state index in [-0.39, 0.29) is 18.5 Å². The molecule has 4 heteroatoms. The Bertz CT molecular complexity index is 392. The number of thiophene rings is 1. The summed E-state index contributed by atoms with van der Waals surface area (Å²) in [5.74, 6) is 2.39. The van der Waals surface area contributed by atoms with E-state index < -0.39 is 0 Å². The lowest BCUT2D eigenvalue weighted by molar-refractivity contribution is -0.120. The van der Waals surface area contributed by atoms with Crippen LogP contribution in [0.1, 0.15) is 22.7 Å². The van der Waals surface area contributed by atoms with E-state index in [1.54, 1.807) is 11.3 Å². The number of hydrogen-bond acceptors (Lipinski definition) is 3. The average molecular weight is 236 g/mol. The molecule has 3 nitrogen and oxygen atoms in total. The Morgan fingerprint density at radius 3 is 2.94 bits per heavy atom. The molecule has 1 aromatic rings. The van der Waals surface area contributed by atoms with Gasteiger partial charge in [-0.2, -0.15) is 0 Å². The maximum Gasteiger partial charge on any atom is 0.234 e. The monoisotopic (exact) mass is 236 g/mol. The molecule has 0 aromatic carbocycles. The largest absolute Gasteiger partial charge is 0.348 e. The van der Waals surface area contributed by atoms with E-state index in [1.807, 2.05) is 13.0 Å². The first-order valence-electron chi connectivity index (χ1n) is 5.13. The summed E-state index contributed by atoms with van der Waals surface area (Å²) in [5, 5.41) is 5.76. The second kappa shape index (κ2) is 6.31. The van der Waals surface area contributed by atoms with Crippen LogP contribution in [0, 0.1) is 19.3 Å². The van der Waals surface area contributed by atoms with Gasteiger partial charge in [-0.05, 0) is 26.0 Å². The van der Waals surface area contributed by atoms with Crippen molar-refractivity contribution in [2.75, 3.05) is 13.1 Å². The third-order valence-electron chi connectivity index (χ3n) is 2.08. The van der Waals surface area contributed by atoms with Crippen molar-refractivity contribution in [1.82, 2.24) is 10.6 Å². The van der Waals surface area contributed by atoms with E-state index in [1.165, 1.54) is 9.75 Å². The highest BCUT2D eigenvalue weighted by atomic mass is 32.1. The van der Waals surface area contributed by atoms with Crippen molar-refractivity contribution in [1.29, 1.82) is 0 Å². The number of carbonyl (C=O) groups excluding carboxylic acids is 1. The fourth-order valence-corrected chi connectivity index (χ4v) is 2.18. The molecule has 2 N–H and O–H groups in total. The minimum Gasteiger partial charge on any atom is -0.348 e. The van der Waals surface area contributed by atoms with Gasteiger partial charge in [-0.15, -0.1) is 17.8 Å². The van der Waals surface area contributed by atoms with Crippen molar-refractivity contribution >= 4 is 17.2 Å². The Morgan fingerprint density at radius 2 is 2.38 bits per heavy atom. The zero-order valence-electron chi connectivity index (χ0n) is 9.54. The van der Waals surface area contributed by atoms with Gasteiger partial charge in [0, 0.05) is 9.75 Å².